The van der Waals surface area contributed by atoms with Crippen molar-refractivity contribution in [2.24, 2.45) is 5.92 Å². The predicted molar refractivity (Wildman–Crippen MR) is 139 cm³/mol. The molecule has 0 aliphatic carbocycles. The standard InChI is InChI=1S/C29H31NO6/c1-6-15(2)25(28(32)33)30-23(31)13-12-20-16(3)21-14-22-24(19-10-8-7-9-11-19)18(5)35-27(22)17(4)26(21)36-29(20)34/h7-11,14-15,25H,6,12-13H2,1-5H3,(H,30,31)(H,32,33)/t15-,25+/m1/s1. The summed E-state index contributed by atoms with van der Waals surface area (Å²) >= 11 is 0. The van der Waals surface area contributed by atoms with E-state index in [4.69, 9.17) is 8.83 Å². The number of rotatable bonds is 8. The molecule has 0 radical (unpaired) electrons. The molecule has 0 saturated heterocycles. The summed E-state index contributed by atoms with van der Waals surface area (Å²) in [6.45, 7) is 9.31. The monoisotopic (exact) mass is 489 g/mol. The molecule has 2 atom stereocenters. The summed E-state index contributed by atoms with van der Waals surface area (Å²) in [6.07, 6.45) is 0.755. The molecule has 36 heavy (non-hydrogen) atoms. The molecule has 0 aliphatic heterocycles. The first-order valence-electron chi connectivity index (χ1n) is 12.2. The Labute approximate surface area is 209 Å². The van der Waals surface area contributed by atoms with E-state index >= 15 is 0 Å². The van der Waals surface area contributed by atoms with Gasteiger partial charge in [-0.15, -0.1) is 0 Å². The first-order chi connectivity index (χ1) is 17.1. The minimum Gasteiger partial charge on any atom is -0.480 e. The van der Waals surface area contributed by atoms with Gasteiger partial charge in [-0.1, -0.05) is 50.6 Å². The van der Waals surface area contributed by atoms with Gasteiger partial charge < -0.3 is 19.3 Å². The van der Waals surface area contributed by atoms with Crippen LogP contribution < -0.4 is 10.9 Å². The van der Waals surface area contributed by atoms with Crippen LogP contribution in [0.3, 0.4) is 0 Å². The quantitative estimate of drug-likeness (QED) is 0.308. The van der Waals surface area contributed by atoms with Crippen LogP contribution in [0, 0.1) is 26.7 Å². The molecule has 0 bridgehead atoms. The van der Waals surface area contributed by atoms with Gasteiger partial charge in [-0.2, -0.15) is 0 Å². The second-order valence-electron chi connectivity index (χ2n) is 9.42. The highest BCUT2D eigenvalue weighted by atomic mass is 16.4. The summed E-state index contributed by atoms with van der Waals surface area (Å²) in [5, 5.41) is 13.8. The molecule has 0 spiro atoms. The number of benzene rings is 2. The molecule has 0 unspecified atom stereocenters. The molecule has 7 heteroatoms. The van der Waals surface area contributed by atoms with Crippen LogP contribution in [0.5, 0.6) is 0 Å². The number of fused-ring (bicyclic) bond motifs is 2. The third-order valence-corrected chi connectivity index (χ3v) is 7.09. The summed E-state index contributed by atoms with van der Waals surface area (Å²) in [4.78, 5) is 37.0. The van der Waals surface area contributed by atoms with Gasteiger partial charge in [-0.05, 0) is 50.3 Å². The number of hydrogen-bond donors (Lipinski definition) is 2. The van der Waals surface area contributed by atoms with E-state index in [2.05, 4.69) is 5.32 Å². The fourth-order valence-electron chi connectivity index (χ4n) is 4.79. The van der Waals surface area contributed by atoms with Crippen molar-refractivity contribution in [1.29, 1.82) is 0 Å². The molecule has 188 valence electrons. The lowest BCUT2D eigenvalue weighted by Crippen LogP contribution is -2.45. The van der Waals surface area contributed by atoms with E-state index in [0.717, 1.165) is 38.8 Å². The Kier molecular flexibility index (Phi) is 7.02. The largest absolute Gasteiger partial charge is 0.480 e. The first kappa shape index (κ1) is 25.2. The summed E-state index contributed by atoms with van der Waals surface area (Å²) in [5.41, 5.74) is 4.57. The molecule has 0 saturated carbocycles. The lowest BCUT2D eigenvalue weighted by atomic mass is 9.95. The molecule has 7 nitrogen and oxygen atoms in total. The smallest absolute Gasteiger partial charge is 0.339 e. The molecule has 2 heterocycles. The Hall–Kier alpha value is -3.87. The SMILES string of the molecule is CC[C@@H](C)[C@H](NC(=O)CCc1c(C)c2cc3c(-c4ccccc4)c(C)oc3c(C)c2oc1=O)C(=O)O. The molecular weight excluding hydrogens is 458 g/mol. The number of carbonyl (C=O) groups excluding carboxylic acids is 1. The Bertz CT molecular complexity index is 1510. The van der Waals surface area contributed by atoms with Gasteiger partial charge in [-0.25, -0.2) is 9.59 Å². The Morgan fingerprint density at radius 3 is 2.31 bits per heavy atom. The van der Waals surface area contributed by atoms with Crippen LogP contribution in [0.4, 0.5) is 0 Å². The molecular formula is C29H31NO6. The maximum atomic E-state index is 12.9. The summed E-state index contributed by atoms with van der Waals surface area (Å²) in [5.74, 6) is -0.907. The zero-order valence-electron chi connectivity index (χ0n) is 21.2. The van der Waals surface area contributed by atoms with Crippen LogP contribution >= 0.6 is 0 Å². The number of amides is 1. The van der Waals surface area contributed by atoms with Gasteiger partial charge in [0.25, 0.3) is 0 Å². The van der Waals surface area contributed by atoms with Gasteiger partial charge in [0, 0.05) is 33.9 Å². The summed E-state index contributed by atoms with van der Waals surface area (Å²) in [6, 6.07) is 11.0. The van der Waals surface area contributed by atoms with Crippen LogP contribution in [-0.2, 0) is 16.0 Å². The van der Waals surface area contributed by atoms with Crippen LogP contribution in [0.1, 0.15) is 49.1 Å². The van der Waals surface area contributed by atoms with E-state index in [9.17, 15) is 19.5 Å². The zero-order chi connectivity index (χ0) is 26.1. The maximum absolute atomic E-state index is 12.9. The zero-order valence-corrected chi connectivity index (χ0v) is 21.2. The van der Waals surface area contributed by atoms with Crippen LogP contribution in [0.25, 0.3) is 33.1 Å². The van der Waals surface area contributed by atoms with E-state index in [1.54, 1.807) is 6.92 Å². The van der Waals surface area contributed by atoms with Gasteiger partial charge >= 0.3 is 11.6 Å². The summed E-state index contributed by atoms with van der Waals surface area (Å²) in [7, 11) is 0. The highest BCUT2D eigenvalue weighted by Crippen LogP contribution is 2.39. The topological polar surface area (TPSA) is 110 Å². The highest BCUT2D eigenvalue weighted by Gasteiger charge is 2.26. The number of hydrogen-bond acceptors (Lipinski definition) is 5. The predicted octanol–water partition coefficient (Wildman–Crippen LogP) is 5.68. The molecule has 1 amide bonds. The highest BCUT2D eigenvalue weighted by molar-refractivity contribution is 6.05. The average Bonchev–Trinajstić information content (AvgIpc) is 3.19. The van der Waals surface area contributed by atoms with Gasteiger partial charge in [-0.3, -0.25) is 4.79 Å². The lowest BCUT2D eigenvalue weighted by Gasteiger charge is -2.20. The lowest BCUT2D eigenvalue weighted by molar-refractivity contribution is -0.143. The molecule has 2 aromatic heterocycles. The second kappa shape index (κ2) is 10.0. The van der Waals surface area contributed by atoms with E-state index in [1.807, 2.05) is 64.1 Å². The maximum Gasteiger partial charge on any atom is 0.339 e. The third kappa shape index (κ3) is 4.53. The molecule has 4 rings (SSSR count). The van der Waals surface area contributed by atoms with Crippen molar-refractivity contribution in [3.8, 4) is 11.1 Å². The molecule has 0 aliphatic rings. The minimum atomic E-state index is -1.07. The van der Waals surface area contributed by atoms with Crippen molar-refractivity contribution in [3.63, 3.8) is 0 Å². The first-order valence-corrected chi connectivity index (χ1v) is 12.2. The van der Waals surface area contributed by atoms with Crippen LogP contribution in [0.15, 0.2) is 50.0 Å². The number of carboxylic acids is 1. The van der Waals surface area contributed by atoms with Gasteiger partial charge in [0.05, 0.1) is 0 Å². The van der Waals surface area contributed by atoms with Crippen LogP contribution in [-0.4, -0.2) is 23.0 Å². The van der Waals surface area contributed by atoms with Crippen molar-refractivity contribution < 1.29 is 23.5 Å². The number of aliphatic carboxylic acids is 1. The fraction of sp³-hybridized carbons (Fsp3) is 0.345. The molecule has 0 fully saturated rings. The van der Waals surface area contributed by atoms with Gasteiger partial charge in [0.15, 0.2) is 0 Å². The van der Waals surface area contributed by atoms with Crippen molar-refractivity contribution in [1.82, 2.24) is 5.32 Å². The average molecular weight is 490 g/mol. The second-order valence-corrected chi connectivity index (χ2v) is 9.42. The summed E-state index contributed by atoms with van der Waals surface area (Å²) < 4.78 is 11.8. The molecule has 4 aromatic rings. The minimum absolute atomic E-state index is 0.0152. The number of carboxylic acid groups (broad SMARTS) is 1. The van der Waals surface area contributed by atoms with Crippen molar-refractivity contribution in [3.05, 3.63) is 69.3 Å². The number of aryl methyl sites for hydroxylation is 3. The fourth-order valence-corrected chi connectivity index (χ4v) is 4.79. The molecule has 2 aromatic carbocycles. The third-order valence-electron chi connectivity index (χ3n) is 7.09. The van der Waals surface area contributed by atoms with E-state index in [1.165, 1.54) is 0 Å². The van der Waals surface area contributed by atoms with Crippen molar-refractivity contribution >= 4 is 33.8 Å². The molecule has 2 N–H and O–H groups in total. The van der Waals surface area contributed by atoms with E-state index in [0.29, 0.717) is 23.2 Å². The Morgan fingerprint density at radius 1 is 1.00 bits per heavy atom. The Balaban J connectivity index is 1.73. The van der Waals surface area contributed by atoms with Crippen LogP contribution in [0.2, 0.25) is 0 Å². The van der Waals surface area contributed by atoms with Crippen molar-refractivity contribution in [2.45, 2.75) is 59.9 Å². The van der Waals surface area contributed by atoms with Crippen molar-refractivity contribution in [2.75, 3.05) is 0 Å². The number of nitrogens with one attached hydrogen (secondary N) is 1. The van der Waals surface area contributed by atoms with Gasteiger partial charge in [0.2, 0.25) is 5.91 Å². The number of furan rings is 1. The van der Waals surface area contributed by atoms with Gasteiger partial charge in [0.1, 0.15) is 23.0 Å². The Morgan fingerprint density at radius 2 is 1.67 bits per heavy atom. The van der Waals surface area contributed by atoms with E-state index in [-0.39, 0.29) is 18.8 Å². The van der Waals surface area contributed by atoms with E-state index < -0.39 is 23.5 Å². The number of carbonyl (C=O) groups is 2. The normalized spacial score (nSPS) is 13.1.